The van der Waals surface area contributed by atoms with Crippen LogP contribution >= 0.6 is 0 Å². The molecular weight excluding hydrogens is 250 g/mol. The Morgan fingerprint density at radius 3 is 2.45 bits per heavy atom. The minimum absolute atomic E-state index is 0.233. The largest absolute Gasteiger partial charge is 0.339 e. The number of nitrogens with zero attached hydrogens (tertiary/aromatic N) is 2. The summed E-state index contributed by atoms with van der Waals surface area (Å²) in [5, 5.41) is 7.39. The van der Waals surface area contributed by atoms with Crippen LogP contribution in [-0.4, -0.2) is 23.2 Å². The summed E-state index contributed by atoms with van der Waals surface area (Å²) in [6, 6.07) is 10.5. The topological polar surface area (TPSA) is 51.0 Å². The van der Waals surface area contributed by atoms with Gasteiger partial charge in [-0.1, -0.05) is 49.3 Å². The van der Waals surface area contributed by atoms with E-state index in [2.05, 4.69) is 48.4 Å². The van der Waals surface area contributed by atoms with Crippen LogP contribution in [0, 0.1) is 5.92 Å². The third-order valence-electron chi connectivity index (χ3n) is 3.69. The molecule has 4 nitrogen and oxygen atoms in total. The molecule has 0 amide bonds. The molecule has 0 spiro atoms. The first-order valence-corrected chi connectivity index (χ1v) is 7.15. The second-order valence-corrected chi connectivity index (χ2v) is 5.56. The lowest BCUT2D eigenvalue weighted by atomic mass is 9.89. The average Bonchev–Trinajstić information content (AvgIpc) is 2.87. The lowest BCUT2D eigenvalue weighted by molar-refractivity contribution is 0.285. The summed E-state index contributed by atoms with van der Waals surface area (Å²) < 4.78 is 5.48. The normalized spacial score (nSPS) is 14.4. The first-order chi connectivity index (χ1) is 9.61. The van der Waals surface area contributed by atoms with Gasteiger partial charge in [0, 0.05) is 12.5 Å². The van der Waals surface area contributed by atoms with E-state index in [0.717, 1.165) is 11.7 Å². The van der Waals surface area contributed by atoms with E-state index >= 15 is 0 Å². The fourth-order valence-corrected chi connectivity index (χ4v) is 2.51. The minimum atomic E-state index is 0.233. The molecule has 0 aliphatic carbocycles. The van der Waals surface area contributed by atoms with Crippen LogP contribution in [0.2, 0.25) is 0 Å². The number of hydrogen-bond donors (Lipinski definition) is 1. The lowest BCUT2D eigenvalue weighted by Crippen LogP contribution is -2.32. The second kappa shape index (κ2) is 6.66. The highest BCUT2D eigenvalue weighted by Gasteiger charge is 2.27. The Hall–Kier alpha value is -1.68. The monoisotopic (exact) mass is 273 g/mol. The van der Waals surface area contributed by atoms with Crippen molar-refractivity contribution in [1.82, 2.24) is 15.5 Å². The van der Waals surface area contributed by atoms with E-state index < -0.39 is 0 Å². The Labute approximate surface area is 120 Å². The molecule has 2 rings (SSSR count). The summed E-state index contributed by atoms with van der Waals surface area (Å²) in [7, 11) is 1.96. The van der Waals surface area contributed by atoms with Crippen molar-refractivity contribution in [3.05, 3.63) is 47.6 Å². The third kappa shape index (κ3) is 3.45. The Kier molecular flexibility index (Phi) is 4.90. The molecule has 0 bridgehead atoms. The Bertz CT molecular complexity index is 522. The number of nitrogens with one attached hydrogen (secondary N) is 1. The maximum atomic E-state index is 5.48. The molecule has 0 saturated heterocycles. The predicted molar refractivity (Wildman–Crippen MR) is 79.6 cm³/mol. The van der Waals surface area contributed by atoms with Crippen LogP contribution in [0.25, 0.3) is 0 Å². The van der Waals surface area contributed by atoms with Gasteiger partial charge < -0.3 is 9.84 Å². The molecule has 2 aromatic rings. The van der Waals surface area contributed by atoms with Crippen molar-refractivity contribution in [2.75, 3.05) is 7.05 Å². The molecule has 0 saturated carbocycles. The van der Waals surface area contributed by atoms with Crippen LogP contribution in [0.3, 0.4) is 0 Å². The van der Waals surface area contributed by atoms with E-state index in [1.165, 1.54) is 5.56 Å². The van der Waals surface area contributed by atoms with Crippen LogP contribution in [0.1, 0.15) is 44.0 Å². The second-order valence-electron chi connectivity index (χ2n) is 5.56. The van der Waals surface area contributed by atoms with Crippen molar-refractivity contribution in [3.8, 4) is 0 Å². The molecule has 0 aliphatic rings. The highest BCUT2D eigenvalue weighted by molar-refractivity contribution is 5.18. The first-order valence-electron chi connectivity index (χ1n) is 7.15. The van der Waals surface area contributed by atoms with Gasteiger partial charge in [0.1, 0.15) is 0 Å². The molecule has 0 fully saturated rings. The van der Waals surface area contributed by atoms with Gasteiger partial charge in [-0.15, -0.1) is 0 Å². The summed E-state index contributed by atoms with van der Waals surface area (Å²) in [6.07, 6.45) is 0.711. The van der Waals surface area contributed by atoms with Crippen LogP contribution < -0.4 is 5.32 Å². The number of benzene rings is 1. The fraction of sp³-hybridized carbons (Fsp3) is 0.500. The summed E-state index contributed by atoms with van der Waals surface area (Å²) >= 11 is 0. The maximum Gasteiger partial charge on any atom is 0.231 e. The highest BCUT2D eigenvalue weighted by atomic mass is 16.5. The molecule has 1 N–H and O–H groups in total. The molecular formula is C16H23N3O. The quantitative estimate of drug-likeness (QED) is 0.879. The minimum Gasteiger partial charge on any atom is -0.339 e. The number of aromatic nitrogens is 2. The van der Waals surface area contributed by atoms with Gasteiger partial charge in [0.05, 0.1) is 5.92 Å². The third-order valence-corrected chi connectivity index (χ3v) is 3.69. The van der Waals surface area contributed by atoms with E-state index in [1.54, 1.807) is 0 Å². The van der Waals surface area contributed by atoms with Crippen molar-refractivity contribution >= 4 is 0 Å². The number of rotatable bonds is 6. The van der Waals surface area contributed by atoms with Gasteiger partial charge in [0.15, 0.2) is 5.82 Å². The van der Waals surface area contributed by atoms with E-state index in [9.17, 15) is 0 Å². The molecule has 108 valence electrons. The number of hydrogen-bond acceptors (Lipinski definition) is 4. The van der Waals surface area contributed by atoms with Crippen molar-refractivity contribution in [2.45, 2.75) is 39.2 Å². The smallest absolute Gasteiger partial charge is 0.231 e. The van der Waals surface area contributed by atoms with Crippen LogP contribution in [0.15, 0.2) is 34.9 Å². The summed E-state index contributed by atoms with van der Waals surface area (Å²) in [5.41, 5.74) is 1.20. The summed E-state index contributed by atoms with van der Waals surface area (Å²) in [5.74, 6) is 2.16. The zero-order valence-corrected chi connectivity index (χ0v) is 12.6. The van der Waals surface area contributed by atoms with E-state index in [-0.39, 0.29) is 5.92 Å². The van der Waals surface area contributed by atoms with Gasteiger partial charge in [-0.05, 0) is 25.5 Å². The Balaban J connectivity index is 2.15. The predicted octanol–water partition coefficient (Wildman–Crippen LogP) is 3.01. The molecule has 1 aromatic carbocycles. The van der Waals surface area contributed by atoms with Gasteiger partial charge in [-0.3, -0.25) is 0 Å². The van der Waals surface area contributed by atoms with E-state index in [0.29, 0.717) is 18.4 Å². The number of likely N-dealkylation sites (N-methyl/N-ethyl adjacent to an activating group) is 1. The molecule has 2 atom stereocenters. The molecule has 1 aromatic heterocycles. The van der Waals surface area contributed by atoms with Crippen LogP contribution in [0.4, 0.5) is 0 Å². The van der Waals surface area contributed by atoms with Crippen molar-refractivity contribution < 1.29 is 4.52 Å². The molecule has 2 unspecified atom stereocenters. The lowest BCUT2D eigenvalue weighted by Gasteiger charge is -2.23. The standard InChI is InChI=1S/C16H23N3O/c1-11(2)15(12(3)17-4)16-18-14(19-20-16)10-13-8-6-5-7-9-13/h5-9,11-12,15,17H,10H2,1-4H3. The molecule has 4 heteroatoms. The van der Waals surface area contributed by atoms with E-state index in [4.69, 9.17) is 4.52 Å². The van der Waals surface area contributed by atoms with Crippen molar-refractivity contribution in [1.29, 1.82) is 0 Å². The van der Waals surface area contributed by atoms with Crippen LogP contribution in [0.5, 0.6) is 0 Å². The molecule has 1 heterocycles. The Morgan fingerprint density at radius 2 is 1.85 bits per heavy atom. The Morgan fingerprint density at radius 1 is 1.15 bits per heavy atom. The molecule has 0 aliphatic heterocycles. The van der Waals surface area contributed by atoms with Gasteiger partial charge in [-0.2, -0.15) is 4.98 Å². The highest BCUT2D eigenvalue weighted by Crippen LogP contribution is 2.26. The zero-order valence-electron chi connectivity index (χ0n) is 12.6. The summed E-state index contributed by atoms with van der Waals surface area (Å²) in [4.78, 5) is 4.58. The molecule has 0 radical (unpaired) electrons. The van der Waals surface area contributed by atoms with Crippen LogP contribution in [-0.2, 0) is 6.42 Å². The molecule has 20 heavy (non-hydrogen) atoms. The average molecular weight is 273 g/mol. The van der Waals surface area contributed by atoms with Crippen molar-refractivity contribution in [2.24, 2.45) is 5.92 Å². The van der Waals surface area contributed by atoms with Crippen molar-refractivity contribution in [3.63, 3.8) is 0 Å². The van der Waals surface area contributed by atoms with Gasteiger partial charge in [0.25, 0.3) is 0 Å². The zero-order chi connectivity index (χ0) is 14.5. The maximum absolute atomic E-state index is 5.48. The van der Waals surface area contributed by atoms with Gasteiger partial charge >= 0.3 is 0 Å². The summed E-state index contributed by atoms with van der Waals surface area (Å²) in [6.45, 7) is 6.50. The first kappa shape index (κ1) is 14.7. The fourth-order valence-electron chi connectivity index (χ4n) is 2.51. The SMILES string of the molecule is CNC(C)C(c1nc(Cc2ccccc2)no1)C(C)C. The van der Waals surface area contributed by atoms with Gasteiger partial charge in [0.2, 0.25) is 5.89 Å². The van der Waals surface area contributed by atoms with Gasteiger partial charge in [-0.25, -0.2) is 0 Å². The van der Waals surface area contributed by atoms with E-state index in [1.807, 2.05) is 25.2 Å².